The van der Waals surface area contributed by atoms with E-state index in [9.17, 15) is 13.2 Å². The highest BCUT2D eigenvalue weighted by Gasteiger charge is 2.25. The summed E-state index contributed by atoms with van der Waals surface area (Å²) in [5.74, 6) is -0.255. The summed E-state index contributed by atoms with van der Waals surface area (Å²) in [4.78, 5) is 12.4. The fourth-order valence-electron chi connectivity index (χ4n) is 3.09. The van der Waals surface area contributed by atoms with Crippen molar-refractivity contribution in [3.05, 3.63) is 59.1 Å². The Morgan fingerprint density at radius 2 is 1.62 bits per heavy atom. The molecule has 2 N–H and O–H groups in total. The fourth-order valence-corrected chi connectivity index (χ4v) is 4.96. The zero-order chi connectivity index (χ0) is 20.9. The maximum atomic E-state index is 12.7. The lowest BCUT2D eigenvalue weighted by molar-refractivity contribution is -0.119. The van der Waals surface area contributed by atoms with Crippen molar-refractivity contribution in [1.29, 1.82) is 0 Å². The smallest absolute Gasteiger partial charge is 0.243 e. The third-order valence-corrected chi connectivity index (χ3v) is 6.96. The van der Waals surface area contributed by atoms with Crippen LogP contribution in [0.25, 0.3) is 0 Å². The van der Waals surface area contributed by atoms with E-state index in [1.807, 2.05) is 0 Å². The Balaban J connectivity index is 1.55. The van der Waals surface area contributed by atoms with Crippen LogP contribution in [-0.2, 0) is 21.2 Å². The first kappa shape index (κ1) is 21.7. The maximum Gasteiger partial charge on any atom is 0.243 e. The molecule has 1 aliphatic rings. The summed E-state index contributed by atoms with van der Waals surface area (Å²) in [5.41, 5.74) is 1.42. The van der Waals surface area contributed by atoms with Gasteiger partial charge in [-0.25, -0.2) is 8.42 Å². The number of nitrogens with zero attached hydrogens (tertiary/aromatic N) is 1. The minimum absolute atomic E-state index is 0.149. The number of hydrogen-bond donors (Lipinski definition) is 2. The molecule has 2 aromatic carbocycles. The second-order valence-corrected chi connectivity index (χ2v) is 9.58. The van der Waals surface area contributed by atoms with Gasteiger partial charge in [0.05, 0.1) is 11.3 Å². The first-order chi connectivity index (χ1) is 13.8. The average Bonchev–Trinajstić information content (AvgIpc) is 2.70. The largest absolute Gasteiger partial charge is 0.332 e. The van der Waals surface area contributed by atoms with Crippen LogP contribution in [0.2, 0.25) is 5.02 Å². The lowest BCUT2D eigenvalue weighted by Gasteiger charge is -2.25. The second kappa shape index (κ2) is 9.67. The van der Waals surface area contributed by atoms with E-state index in [0.29, 0.717) is 23.8 Å². The summed E-state index contributed by atoms with van der Waals surface area (Å²) >= 11 is 11.0. The van der Waals surface area contributed by atoms with E-state index in [4.69, 9.17) is 23.8 Å². The van der Waals surface area contributed by atoms with Gasteiger partial charge in [0.25, 0.3) is 0 Å². The van der Waals surface area contributed by atoms with Gasteiger partial charge in [0.1, 0.15) is 0 Å². The minimum atomic E-state index is -3.47. The van der Waals surface area contributed by atoms with Gasteiger partial charge >= 0.3 is 0 Å². The summed E-state index contributed by atoms with van der Waals surface area (Å²) < 4.78 is 26.9. The molecule has 1 fully saturated rings. The van der Waals surface area contributed by atoms with Gasteiger partial charge in [-0.15, -0.1) is 0 Å². The molecule has 6 nitrogen and oxygen atoms in total. The van der Waals surface area contributed by atoms with Crippen molar-refractivity contribution in [2.45, 2.75) is 30.6 Å². The predicted molar refractivity (Wildman–Crippen MR) is 119 cm³/mol. The SMILES string of the molecule is O=C(Cc1ccc(Cl)cc1)NC(=S)Nc1ccc(S(=O)(=O)N2CCCCC2)cc1. The van der Waals surface area contributed by atoms with E-state index in [-0.39, 0.29) is 22.3 Å². The summed E-state index contributed by atoms with van der Waals surface area (Å²) in [6.45, 7) is 1.12. The standard InChI is InChI=1S/C20H22ClN3O3S2/c21-16-6-4-15(5-7-16)14-19(25)23-20(28)22-17-8-10-18(11-9-17)29(26,27)24-12-2-1-3-13-24/h4-11H,1-3,12-14H2,(H2,22,23,25,28). The molecule has 0 bridgehead atoms. The van der Waals surface area contributed by atoms with Crippen LogP contribution >= 0.6 is 23.8 Å². The topological polar surface area (TPSA) is 78.5 Å². The van der Waals surface area contributed by atoms with Gasteiger partial charge in [0.2, 0.25) is 15.9 Å². The van der Waals surface area contributed by atoms with E-state index in [1.54, 1.807) is 48.5 Å². The molecule has 0 aliphatic carbocycles. The summed E-state index contributed by atoms with van der Waals surface area (Å²) in [6, 6.07) is 13.4. The highest BCUT2D eigenvalue weighted by Crippen LogP contribution is 2.22. The number of sulfonamides is 1. The molecule has 1 amide bonds. The van der Waals surface area contributed by atoms with Crippen molar-refractivity contribution >= 4 is 50.5 Å². The Bertz CT molecular complexity index is 971. The number of nitrogens with one attached hydrogen (secondary N) is 2. The van der Waals surface area contributed by atoms with Crippen LogP contribution in [0.3, 0.4) is 0 Å². The Kier molecular flexibility index (Phi) is 7.23. The fraction of sp³-hybridized carbons (Fsp3) is 0.300. The van der Waals surface area contributed by atoms with Crippen molar-refractivity contribution in [1.82, 2.24) is 9.62 Å². The monoisotopic (exact) mass is 451 g/mol. The first-order valence-corrected chi connectivity index (χ1v) is 11.5. The molecule has 1 aliphatic heterocycles. The third-order valence-electron chi connectivity index (χ3n) is 4.60. The number of amides is 1. The van der Waals surface area contributed by atoms with E-state index >= 15 is 0 Å². The van der Waals surface area contributed by atoms with E-state index < -0.39 is 10.0 Å². The highest BCUT2D eigenvalue weighted by molar-refractivity contribution is 7.89. The number of benzene rings is 2. The van der Waals surface area contributed by atoms with Crippen LogP contribution < -0.4 is 10.6 Å². The Labute approximate surface area is 181 Å². The molecule has 154 valence electrons. The second-order valence-electron chi connectivity index (χ2n) is 6.79. The number of rotatable bonds is 5. The lowest BCUT2D eigenvalue weighted by Crippen LogP contribution is -2.36. The van der Waals surface area contributed by atoms with Gasteiger partial charge in [0, 0.05) is 23.8 Å². The molecule has 0 saturated carbocycles. The molecule has 1 saturated heterocycles. The molecule has 9 heteroatoms. The number of piperidine rings is 1. The van der Waals surface area contributed by atoms with Crippen LogP contribution in [0.15, 0.2) is 53.4 Å². The number of thiocarbonyl (C=S) groups is 1. The first-order valence-electron chi connectivity index (χ1n) is 9.30. The van der Waals surface area contributed by atoms with Crippen LogP contribution in [0.1, 0.15) is 24.8 Å². The van der Waals surface area contributed by atoms with E-state index in [2.05, 4.69) is 10.6 Å². The molecular formula is C20H22ClN3O3S2. The van der Waals surface area contributed by atoms with Crippen molar-refractivity contribution in [3.8, 4) is 0 Å². The molecule has 0 radical (unpaired) electrons. The number of hydrogen-bond acceptors (Lipinski definition) is 4. The molecule has 29 heavy (non-hydrogen) atoms. The normalized spacial score (nSPS) is 14.9. The summed E-state index contributed by atoms with van der Waals surface area (Å²) in [6.07, 6.45) is 3.02. The third kappa shape index (κ3) is 5.99. The Hall–Kier alpha value is -2.00. The zero-order valence-corrected chi connectivity index (χ0v) is 18.1. The average molecular weight is 452 g/mol. The summed E-state index contributed by atoms with van der Waals surface area (Å²) in [7, 11) is -3.47. The van der Waals surface area contributed by atoms with Crippen LogP contribution in [0.4, 0.5) is 5.69 Å². The molecule has 0 unspecified atom stereocenters. The number of carbonyl (C=O) groups is 1. The molecule has 0 aromatic heterocycles. The predicted octanol–water partition coefficient (Wildman–Crippen LogP) is 3.57. The molecule has 1 heterocycles. The van der Waals surface area contributed by atoms with Gasteiger partial charge in [-0.2, -0.15) is 4.31 Å². The van der Waals surface area contributed by atoms with Crippen LogP contribution in [0.5, 0.6) is 0 Å². The Morgan fingerprint density at radius 1 is 1.00 bits per heavy atom. The Morgan fingerprint density at radius 3 is 2.24 bits per heavy atom. The van der Waals surface area contributed by atoms with Gasteiger partial charge in [-0.05, 0) is 67.0 Å². The number of carbonyl (C=O) groups excluding carboxylic acids is 1. The van der Waals surface area contributed by atoms with Gasteiger partial charge in [0.15, 0.2) is 5.11 Å². The van der Waals surface area contributed by atoms with E-state index in [0.717, 1.165) is 24.8 Å². The molecule has 0 spiro atoms. The van der Waals surface area contributed by atoms with Crippen LogP contribution in [-0.4, -0.2) is 36.8 Å². The number of anilines is 1. The minimum Gasteiger partial charge on any atom is -0.332 e. The highest BCUT2D eigenvalue weighted by atomic mass is 35.5. The van der Waals surface area contributed by atoms with Crippen molar-refractivity contribution in [3.63, 3.8) is 0 Å². The van der Waals surface area contributed by atoms with Gasteiger partial charge in [-0.3, -0.25) is 4.79 Å². The number of halogens is 1. The molecular weight excluding hydrogens is 430 g/mol. The van der Waals surface area contributed by atoms with Crippen molar-refractivity contribution in [2.24, 2.45) is 0 Å². The van der Waals surface area contributed by atoms with Gasteiger partial charge < -0.3 is 10.6 Å². The maximum absolute atomic E-state index is 12.7. The van der Waals surface area contributed by atoms with E-state index in [1.165, 1.54) is 4.31 Å². The van der Waals surface area contributed by atoms with Crippen molar-refractivity contribution in [2.75, 3.05) is 18.4 Å². The molecule has 3 rings (SSSR count). The quantitative estimate of drug-likeness (QED) is 0.679. The summed E-state index contributed by atoms with van der Waals surface area (Å²) in [5, 5.41) is 6.26. The molecule has 2 aromatic rings. The van der Waals surface area contributed by atoms with Crippen LogP contribution in [0, 0.1) is 0 Å². The zero-order valence-electron chi connectivity index (χ0n) is 15.7. The lowest BCUT2D eigenvalue weighted by atomic mass is 10.1. The van der Waals surface area contributed by atoms with Crippen molar-refractivity contribution < 1.29 is 13.2 Å². The molecule has 0 atom stereocenters. The van der Waals surface area contributed by atoms with Gasteiger partial charge in [-0.1, -0.05) is 30.2 Å².